The van der Waals surface area contributed by atoms with E-state index in [2.05, 4.69) is 27.8 Å². The molecule has 0 unspecified atom stereocenters. The van der Waals surface area contributed by atoms with Crippen LogP contribution in [0.2, 0.25) is 0 Å². The van der Waals surface area contributed by atoms with Crippen molar-refractivity contribution in [1.29, 1.82) is 0 Å². The highest BCUT2D eigenvalue weighted by Gasteiger charge is 1.98. The molecule has 2 aromatic rings. The first-order valence-corrected chi connectivity index (χ1v) is 4.86. The zero-order chi connectivity index (χ0) is 10.7. The number of nitrogens with two attached hydrogens (primary N) is 2. The van der Waals surface area contributed by atoms with Crippen LogP contribution in [0.3, 0.4) is 0 Å². The number of aliphatic imine (C=N–C) groups is 1. The van der Waals surface area contributed by atoms with Gasteiger partial charge >= 0.3 is 0 Å². The summed E-state index contributed by atoms with van der Waals surface area (Å²) in [6.07, 6.45) is 2.05. The molecule has 0 fully saturated rings. The van der Waals surface area contributed by atoms with Crippen molar-refractivity contribution in [2.45, 2.75) is 6.54 Å². The normalized spacial score (nSPS) is 10.4. The van der Waals surface area contributed by atoms with Crippen molar-refractivity contribution in [3.8, 4) is 0 Å². The lowest BCUT2D eigenvalue weighted by Gasteiger charge is -2.02. The summed E-state index contributed by atoms with van der Waals surface area (Å²) in [4.78, 5) is 3.96. The summed E-state index contributed by atoms with van der Waals surface area (Å²) in [6, 6.07) is 10.3. The molecular formula is C11H14N4. The lowest BCUT2D eigenvalue weighted by atomic mass is 10.2. The van der Waals surface area contributed by atoms with Gasteiger partial charge in [0.2, 0.25) is 0 Å². The van der Waals surface area contributed by atoms with E-state index >= 15 is 0 Å². The molecule has 0 saturated carbocycles. The van der Waals surface area contributed by atoms with Crippen LogP contribution in [-0.4, -0.2) is 17.1 Å². The van der Waals surface area contributed by atoms with E-state index in [0.717, 1.165) is 6.54 Å². The van der Waals surface area contributed by atoms with E-state index in [9.17, 15) is 0 Å². The highest BCUT2D eigenvalue weighted by atomic mass is 15.0. The van der Waals surface area contributed by atoms with E-state index in [4.69, 9.17) is 11.5 Å². The molecule has 0 saturated heterocycles. The predicted molar refractivity (Wildman–Crippen MR) is 62.6 cm³/mol. The number of benzene rings is 1. The lowest BCUT2D eigenvalue weighted by Crippen LogP contribution is -2.23. The van der Waals surface area contributed by atoms with E-state index < -0.39 is 0 Å². The molecule has 0 spiro atoms. The minimum Gasteiger partial charge on any atom is -0.370 e. The van der Waals surface area contributed by atoms with E-state index in [1.165, 1.54) is 10.9 Å². The summed E-state index contributed by atoms with van der Waals surface area (Å²) in [7, 11) is 0. The van der Waals surface area contributed by atoms with Gasteiger partial charge < -0.3 is 16.0 Å². The lowest BCUT2D eigenvalue weighted by molar-refractivity contribution is 0.735. The van der Waals surface area contributed by atoms with Crippen molar-refractivity contribution in [3.05, 3.63) is 36.5 Å². The topological polar surface area (TPSA) is 69.3 Å². The zero-order valence-electron chi connectivity index (χ0n) is 8.43. The van der Waals surface area contributed by atoms with Crippen LogP contribution < -0.4 is 11.5 Å². The predicted octanol–water partition coefficient (Wildman–Crippen LogP) is 0.915. The van der Waals surface area contributed by atoms with Crippen LogP contribution in [-0.2, 0) is 6.54 Å². The van der Waals surface area contributed by atoms with E-state index in [1.807, 2.05) is 18.3 Å². The quantitative estimate of drug-likeness (QED) is 0.574. The average Bonchev–Trinajstić information content (AvgIpc) is 2.62. The molecular weight excluding hydrogens is 188 g/mol. The summed E-state index contributed by atoms with van der Waals surface area (Å²) < 4.78 is 2.14. The molecule has 0 aliphatic heterocycles. The maximum absolute atomic E-state index is 5.26. The smallest absolute Gasteiger partial charge is 0.185 e. The van der Waals surface area contributed by atoms with E-state index in [0.29, 0.717) is 6.54 Å². The Balaban J connectivity index is 2.18. The number of hydrogen-bond acceptors (Lipinski definition) is 1. The maximum atomic E-state index is 5.26. The fourth-order valence-electron chi connectivity index (χ4n) is 1.62. The summed E-state index contributed by atoms with van der Waals surface area (Å²) in [5, 5.41) is 1.24. The first-order valence-electron chi connectivity index (χ1n) is 4.86. The number of nitrogens with zero attached hydrogens (tertiary/aromatic N) is 2. The first kappa shape index (κ1) is 9.58. The molecule has 0 atom stereocenters. The third-order valence-corrected chi connectivity index (χ3v) is 2.32. The third-order valence-electron chi connectivity index (χ3n) is 2.32. The monoisotopic (exact) mass is 202 g/mol. The molecule has 2 rings (SSSR count). The van der Waals surface area contributed by atoms with Gasteiger partial charge in [-0.05, 0) is 17.5 Å². The second kappa shape index (κ2) is 4.04. The molecule has 0 bridgehead atoms. The molecule has 1 aromatic heterocycles. The number of para-hydroxylation sites is 1. The van der Waals surface area contributed by atoms with Crippen LogP contribution in [0.15, 0.2) is 41.5 Å². The van der Waals surface area contributed by atoms with Gasteiger partial charge in [0.05, 0.1) is 6.54 Å². The van der Waals surface area contributed by atoms with Gasteiger partial charge in [-0.2, -0.15) is 0 Å². The number of fused-ring (bicyclic) bond motifs is 1. The van der Waals surface area contributed by atoms with Crippen molar-refractivity contribution in [2.24, 2.45) is 16.5 Å². The van der Waals surface area contributed by atoms with Crippen LogP contribution in [0.25, 0.3) is 10.9 Å². The van der Waals surface area contributed by atoms with E-state index in [1.54, 1.807) is 0 Å². The number of hydrogen-bond donors (Lipinski definition) is 2. The number of aromatic nitrogens is 1. The van der Waals surface area contributed by atoms with Crippen LogP contribution >= 0.6 is 0 Å². The fourth-order valence-corrected chi connectivity index (χ4v) is 1.62. The zero-order valence-corrected chi connectivity index (χ0v) is 8.43. The molecule has 0 amide bonds. The number of guanidine groups is 1. The second-order valence-electron chi connectivity index (χ2n) is 3.37. The molecule has 1 heterocycles. The van der Waals surface area contributed by atoms with Crippen molar-refractivity contribution in [1.82, 2.24) is 4.57 Å². The first-order chi connectivity index (χ1) is 7.27. The summed E-state index contributed by atoms with van der Waals surface area (Å²) >= 11 is 0. The van der Waals surface area contributed by atoms with Gasteiger partial charge in [0, 0.05) is 18.3 Å². The Hall–Kier alpha value is -1.97. The van der Waals surface area contributed by atoms with Gasteiger partial charge in [0.15, 0.2) is 5.96 Å². The Morgan fingerprint density at radius 1 is 1.20 bits per heavy atom. The van der Waals surface area contributed by atoms with Crippen LogP contribution in [0.1, 0.15) is 0 Å². The van der Waals surface area contributed by atoms with Gasteiger partial charge in [0.25, 0.3) is 0 Å². The third kappa shape index (κ3) is 2.10. The van der Waals surface area contributed by atoms with E-state index in [-0.39, 0.29) is 5.96 Å². The van der Waals surface area contributed by atoms with Gasteiger partial charge in [-0.15, -0.1) is 0 Å². The minimum absolute atomic E-state index is 0.145. The molecule has 78 valence electrons. The maximum Gasteiger partial charge on any atom is 0.185 e. The molecule has 1 aromatic carbocycles. The Bertz CT molecular complexity index is 480. The summed E-state index contributed by atoms with van der Waals surface area (Å²) in [6.45, 7) is 1.41. The fraction of sp³-hybridized carbons (Fsp3) is 0.182. The van der Waals surface area contributed by atoms with Crippen LogP contribution in [0.4, 0.5) is 0 Å². The highest BCUT2D eigenvalue weighted by molar-refractivity contribution is 5.80. The van der Waals surface area contributed by atoms with Gasteiger partial charge in [0.1, 0.15) is 0 Å². The van der Waals surface area contributed by atoms with Crippen molar-refractivity contribution in [3.63, 3.8) is 0 Å². The van der Waals surface area contributed by atoms with Crippen molar-refractivity contribution < 1.29 is 0 Å². The molecule has 0 aliphatic rings. The Morgan fingerprint density at radius 3 is 2.80 bits per heavy atom. The highest BCUT2D eigenvalue weighted by Crippen LogP contribution is 2.14. The molecule has 0 aliphatic carbocycles. The summed E-state index contributed by atoms with van der Waals surface area (Å²) in [5.74, 6) is 0.145. The Labute approximate surface area is 88.2 Å². The second-order valence-corrected chi connectivity index (χ2v) is 3.37. The Morgan fingerprint density at radius 2 is 2.00 bits per heavy atom. The molecule has 15 heavy (non-hydrogen) atoms. The van der Waals surface area contributed by atoms with Gasteiger partial charge in [-0.25, -0.2) is 0 Å². The minimum atomic E-state index is 0.145. The molecule has 4 heteroatoms. The Kier molecular flexibility index (Phi) is 2.58. The van der Waals surface area contributed by atoms with Crippen molar-refractivity contribution in [2.75, 3.05) is 6.54 Å². The summed E-state index contributed by atoms with van der Waals surface area (Å²) in [5.41, 5.74) is 11.7. The van der Waals surface area contributed by atoms with Crippen LogP contribution in [0.5, 0.6) is 0 Å². The molecule has 4 nitrogen and oxygen atoms in total. The molecule has 0 radical (unpaired) electrons. The van der Waals surface area contributed by atoms with Crippen LogP contribution in [0, 0.1) is 0 Å². The standard InChI is InChI=1S/C11H14N4/c12-11(13)14-6-8-15-7-5-9-3-1-2-4-10(9)15/h1-5,7H,6,8H2,(H4,12,13,14). The van der Waals surface area contributed by atoms with Gasteiger partial charge in [-0.3, -0.25) is 4.99 Å². The van der Waals surface area contributed by atoms with Crippen molar-refractivity contribution >= 4 is 16.9 Å². The number of rotatable bonds is 3. The average molecular weight is 202 g/mol. The SMILES string of the molecule is NC(N)=NCCn1ccc2ccccc21. The molecule has 4 N–H and O–H groups in total. The van der Waals surface area contributed by atoms with Gasteiger partial charge in [-0.1, -0.05) is 18.2 Å². The largest absolute Gasteiger partial charge is 0.370 e.